The molecule has 0 spiro atoms. The molecular weight excluding hydrogens is 146 g/mol. The van der Waals surface area contributed by atoms with E-state index in [0.29, 0.717) is 0 Å². The number of nitrogens with one attached hydrogen (secondary N) is 1. The Balaban J connectivity index is 2.50. The molecule has 0 aromatic carbocycles. The molecule has 4 heteroatoms. The second kappa shape index (κ2) is 3.50. The van der Waals surface area contributed by atoms with E-state index in [4.69, 9.17) is 4.84 Å². The molecule has 1 aliphatic heterocycles. The summed E-state index contributed by atoms with van der Waals surface area (Å²) in [7, 11) is 1.33. The van der Waals surface area contributed by atoms with Crippen molar-refractivity contribution in [1.29, 1.82) is 0 Å². The monoisotopic (exact) mass is 157 g/mol. The summed E-state index contributed by atoms with van der Waals surface area (Å²) in [6.07, 6.45) is 2.93. The fraction of sp³-hybridized carbons (Fsp3) is 0.571. The van der Waals surface area contributed by atoms with Gasteiger partial charge in [-0.2, -0.15) is 5.48 Å². The van der Waals surface area contributed by atoms with Gasteiger partial charge in [0.25, 0.3) is 0 Å². The van der Waals surface area contributed by atoms with Crippen LogP contribution < -0.4 is 5.48 Å². The lowest BCUT2D eigenvalue weighted by atomic mass is 10.2. The summed E-state index contributed by atoms with van der Waals surface area (Å²) in [6, 6.07) is 0.149. The van der Waals surface area contributed by atoms with Crippen LogP contribution in [-0.4, -0.2) is 25.2 Å². The van der Waals surface area contributed by atoms with Gasteiger partial charge >= 0.3 is 5.97 Å². The van der Waals surface area contributed by atoms with E-state index in [-0.39, 0.29) is 12.0 Å². The standard InChI is InChI=1S/C7H11NO3/c1-5-3-4-6(11-8-5)7(9)10-2/h3-6,8H,1-2H3/t5-,6-/m1/s1. The van der Waals surface area contributed by atoms with Gasteiger partial charge in [0.15, 0.2) is 6.10 Å². The zero-order chi connectivity index (χ0) is 8.27. The van der Waals surface area contributed by atoms with E-state index in [0.717, 1.165) is 0 Å². The maximum Gasteiger partial charge on any atom is 0.341 e. The summed E-state index contributed by atoms with van der Waals surface area (Å²) in [5.41, 5.74) is 2.66. The number of hydrogen-bond acceptors (Lipinski definition) is 4. The van der Waals surface area contributed by atoms with Crippen LogP contribution in [0.5, 0.6) is 0 Å². The first-order valence-corrected chi connectivity index (χ1v) is 3.41. The van der Waals surface area contributed by atoms with Crippen LogP contribution in [-0.2, 0) is 14.4 Å². The molecule has 0 amide bonds. The first-order valence-electron chi connectivity index (χ1n) is 3.41. The Hall–Kier alpha value is -0.870. The van der Waals surface area contributed by atoms with Gasteiger partial charge in [0.1, 0.15) is 0 Å². The Morgan fingerprint density at radius 3 is 2.82 bits per heavy atom. The molecular formula is C7H11NO3. The number of carbonyl (C=O) groups excluding carboxylic acids is 1. The summed E-state index contributed by atoms with van der Waals surface area (Å²) < 4.78 is 4.47. The fourth-order valence-corrected chi connectivity index (χ4v) is 0.770. The average molecular weight is 157 g/mol. The third kappa shape index (κ3) is 2.03. The van der Waals surface area contributed by atoms with Gasteiger partial charge in [-0.1, -0.05) is 6.08 Å². The van der Waals surface area contributed by atoms with Crippen LogP contribution in [0.3, 0.4) is 0 Å². The summed E-state index contributed by atoms with van der Waals surface area (Å²) in [6.45, 7) is 1.92. The molecule has 0 bridgehead atoms. The van der Waals surface area contributed by atoms with Crippen molar-refractivity contribution in [2.24, 2.45) is 0 Å². The van der Waals surface area contributed by atoms with E-state index in [9.17, 15) is 4.79 Å². The highest BCUT2D eigenvalue weighted by Gasteiger charge is 2.20. The van der Waals surface area contributed by atoms with Crippen molar-refractivity contribution in [1.82, 2.24) is 5.48 Å². The summed E-state index contributed by atoms with van der Waals surface area (Å²) >= 11 is 0. The van der Waals surface area contributed by atoms with Crippen LogP contribution in [0, 0.1) is 0 Å². The van der Waals surface area contributed by atoms with Crippen LogP contribution in [0.2, 0.25) is 0 Å². The third-order valence-corrected chi connectivity index (χ3v) is 1.39. The van der Waals surface area contributed by atoms with Crippen molar-refractivity contribution in [2.75, 3.05) is 7.11 Å². The molecule has 4 nitrogen and oxygen atoms in total. The first kappa shape index (κ1) is 8.23. The number of esters is 1. The van der Waals surface area contributed by atoms with Crippen molar-refractivity contribution in [2.45, 2.75) is 19.1 Å². The van der Waals surface area contributed by atoms with Gasteiger partial charge in [0, 0.05) is 6.04 Å². The molecule has 2 atom stereocenters. The number of rotatable bonds is 1. The molecule has 0 aromatic heterocycles. The normalized spacial score (nSPS) is 30.0. The van der Waals surface area contributed by atoms with Crippen molar-refractivity contribution in [3.05, 3.63) is 12.2 Å². The first-order chi connectivity index (χ1) is 5.24. The molecule has 0 unspecified atom stereocenters. The maximum atomic E-state index is 10.8. The molecule has 0 aliphatic carbocycles. The highest BCUT2D eigenvalue weighted by Crippen LogP contribution is 2.02. The highest BCUT2D eigenvalue weighted by molar-refractivity contribution is 5.76. The van der Waals surface area contributed by atoms with Gasteiger partial charge in [-0.25, -0.2) is 4.79 Å². The Morgan fingerprint density at radius 2 is 2.36 bits per heavy atom. The van der Waals surface area contributed by atoms with Crippen LogP contribution in [0.1, 0.15) is 6.92 Å². The summed E-state index contributed by atoms with van der Waals surface area (Å²) in [5.74, 6) is -0.388. The van der Waals surface area contributed by atoms with Crippen LogP contribution >= 0.6 is 0 Å². The number of ether oxygens (including phenoxy) is 1. The van der Waals surface area contributed by atoms with Crippen molar-refractivity contribution in [3.63, 3.8) is 0 Å². The highest BCUT2D eigenvalue weighted by atomic mass is 16.7. The molecule has 1 rings (SSSR count). The lowest BCUT2D eigenvalue weighted by molar-refractivity contribution is -0.156. The number of methoxy groups -OCH3 is 1. The smallest absolute Gasteiger partial charge is 0.341 e. The molecule has 62 valence electrons. The summed E-state index contributed by atoms with van der Waals surface area (Å²) in [4.78, 5) is 15.8. The van der Waals surface area contributed by atoms with E-state index in [1.165, 1.54) is 7.11 Å². The van der Waals surface area contributed by atoms with E-state index >= 15 is 0 Å². The van der Waals surface area contributed by atoms with E-state index in [1.807, 2.05) is 13.0 Å². The summed E-state index contributed by atoms with van der Waals surface area (Å²) in [5, 5.41) is 0. The van der Waals surface area contributed by atoms with E-state index < -0.39 is 6.10 Å². The molecule has 0 saturated heterocycles. The zero-order valence-corrected chi connectivity index (χ0v) is 6.53. The van der Waals surface area contributed by atoms with Gasteiger partial charge < -0.3 is 4.74 Å². The van der Waals surface area contributed by atoms with Crippen molar-refractivity contribution < 1.29 is 14.4 Å². The zero-order valence-electron chi connectivity index (χ0n) is 6.53. The molecule has 0 fully saturated rings. The Labute approximate surface area is 65.1 Å². The second-order valence-electron chi connectivity index (χ2n) is 2.35. The largest absolute Gasteiger partial charge is 0.467 e. The van der Waals surface area contributed by atoms with Crippen LogP contribution in [0.15, 0.2) is 12.2 Å². The van der Waals surface area contributed by atoms with Gasteiger partial charge in [0.2, 0.25) is 0 Å². The molecule has 11 heavy (non-hydrogen) atoms. The molecule has 1 N–H and O–H groups in total. The molecule has 0 radical (unpaired) electrons. The van der Waals surface area contributed by atoms with Crippen LogP contribution in [0.4, 0.5) is 0 Å². The molecule has 1 heterocycles. The minimum absolute atomic E-state index is 0.149. The van der Waals surface area contributed by atoms with Gasteiger partial charge in [0.05, 0.1) is 7.11 Å². The predicted molar refractivity (Wildman–Crippen MR) is 38.6 cm³/mol. The van der Waals surface area contributed by atoms with Crippen molar-refractivity contribution >= 4 is 5.97 Å². The number of hydroxylamine groups is 1. The fourth-order valence-electron chi connectivity index (χ4n) is 0.770. The number of carbonyl (C=O) groups is 1. The van der Waals surface area contributed by atoms with Gasteiger partial charge in [-0.15, -0.1) is 0 Å². The Morgan fingerprint density at radius 1 is 1.64 bits per heavy atom. The lowest BCUT2D eigenvalue weighted by Crippen LogP contribution is -2.38. The van der Waals surface area contributed by atoms with E-state index in [2.05, 4.69) is 10.2 Å². The minimum Gasteiger partial charge on any atom is -0.467 e. The third-order valence-electron chi connectivity index (χ3n) is 1.39. The quantitative estimate of drug-likeness (QED) is 0.430. The average Bonchev–Trinajstić information content (AvgIpc) is 2.05. The van der Waals surface area contributed by atoms with Crippen LogP contribution in [0.25, 0.3) is 0 Å². The number of hydrogen-bond donors (Lipinski definition) is 1. The molecule has 1 aliphatic rings. The lowest BCUT2D eigenvalue weighted by Gasteiger charge is -2.19. The van der Waals surface area contributed by atoms with E-state index in [1.54, 1.807) is 6.08 Å². The maximum absolute atomic E-state index is 10.8. The SMILES string of the molecule is COC(=O)[C@H]1C=C[C@@H](C)NO1. The predicted octanol–water partition coefficient (Wildman–Crippen LogP) is 0.00750. The molecule has 0 saturated carbocycles. The topological polar surface area (TPSA) is 47.6 Å². The minimum atomic E-state index is -0.601. The Kier molecular flexibility index (Phi) is 2.62. The Bertz CT molecular complexity index is 179. The molecule has 0 aromatic rings. The van der Waals surface area contributed by atoms with Gasteiger partial charge in [-0.05, 0) is 13.0 Å². The second-order valence-corrected chi connectivity index (χ2v) is 2.35. The van der Waals surface area contributed by atoms with Crippen molar-refractivity contribution in [3.8, 4) is 0 Å². The van der Waals surface area contributed by atoms with Gasteiger partial charge in [-0.3, -0.25) is 4.84 Å².